The molecule has 4 atom stereocenters. The second kappa shape index (κ2) is 11.9. The number of aliphatic hydroxyl groups is 1. The normalized spacial score (nSPS) is 24.3. The van der Waals surface area contributed by atoms with Gasteiger partial charge in [-0.15, -0.1) is 0 Å². The third-order valence-corrected chi connectivity index (χ3v) is 8.88. The van der Waals surface area contributed by atoms with Crippen molar-refractivity contribution in [2.45, 2.75) is 51.1 Å². The summed E-state index contributed by atoms with van der Waals surface area (Å²) in [5, 5.41) is 20.2. The molecule has 0 spiro atoms. The van der Waals surface area contributed by atoms with Crippen molar-refractivity contribution in [1.29, 1.82) is 0 Å². The lowest BCUT2D eigenvalue weighted by Gasteiger charge is -2.31. The van der Waals surface area contributed by atoms with Crippen molar-refractivity contribution in [2.75, 3.05) is 18.1 Å². The zero-order chi connectivity index (χ0) is 32.1. The van der Waals surface area contributed by atoms with E-state index in [4.69, 9.17) is 16.3 Å². The van der Waals surface area contributed by atoms with E-state index in [0.717, 1.165) is 5.57 Å². The molecule has 0 saturated carbocycles. The molecule has 0 unspecified atom stereocenters. The highest BCUT2D eigenvalue weighted by Gasteiger charge is 2.57. The number of fused-ring (bicyclic) bond motifs is 3. The van der Waals surface area contributed by atoms with Crippen LogP contribution in [-0.4, -0.2) is 41.3 Å². The van der Waals surface area contributed by atoms with Crippen LogP contribution in [0.5, 0.6) is 5.75 Å². The third kappa shape index (κ3) is 5.99. The number of imide groups is 1. The molecular formula is C31H28ClF6NO5. The molecule has 2 heterocycles. The number of halogens is 7. The fourth-order valence-corrected chi connectivity index (χ4v) is 6.69. The molecule has 236 valence electrons. The van der Waals surface area contributed by atoms with Crippen LogP contribution in [0.2, 0.25) is 5.02 Å². The summed E-state index contributed by atoms with van der Waals surface area (Å²) in [6.45, 7) is 1.51. The van der Waals surface area contributed by atoms with E-state index in [2.05, 4.69) is 0 Å². The van der Waals surface area contributed by atoms with Crippen molar-refractivity contribution in [1.82, 2.24) is 0 Å². The van der Waals surface area contributed by atoms with Crippen molar-refractivity contribution >= 4 is 35.2 Å². The van der Waals surface area contributed by atoms with Crippen LogP contribution in [0.3, 0.4) is 0 Å². The Hall–Kier alpha value is -3.35. The fourth-order valence-electron chi connectivity index (χ4n) is 6.46. The number of anilines is 1. The Morgan fingerprint density at radius 3 is 2.25 bits per heavy atom. The maximum Gasteiger partial charge on any atom is 0.416 e. The highest BCUT2D eigenvalue weighted by molar-refractivity contribution is 6.32. The highest BCUT2D eigenvalue weighted by Crippen LogP contribution is 2.51. The Bertz CT molecular complexity index is 1520. The molecule has 5 rings (SSSR count). The maximum absolute atomic E-state index is 13.7. The number of alkyl halides is 6. The maximum atomic E-state index is 13.7. The van der Waals surface area contributed by atoms with E-state index < -0.39 is 71.4 Å². The number of phenolic OH excluding ortho intramolecular Hbond substituents is 1. The number of carbonyl (C=O) groups excluding carboxylic acids is 2. The number of phenols is 1. The summed E-state index contributed by atoms with van der Waals surface area (Å²) in [6.07, 6.45) is -7.33. The molecule has 2 fully saturated rings. The number of benzene rings is 2. The summed E-state index contributed by atoms with van der Waals surface area (Å²) >= 11 is 6.24. The minimum Gasteiger partial charge on any atom is -0.508 e. The SMILES string of the molecule is CC/C(=C\c1ccc(O)cc1Cl)CC[C@H]1OC[C@H]2C1=C(CO)C[C@H]1C(=O)N(c3cc(C(F)(F)F)cc(C(F)(F)F)c3)C(=O)[C@H]12. The number of aromatic hydroxyl groups is 1. The Morgan fingerprint density at radius 2 is 1.68 bits per heavy atom. The third-order valence-electron chi connectivity index (χ3n) is 8.55. The van der Waals surface area contributed by atoms with Crippen LogP contribution in [0.15, 0.2) is 53.1 Å². The first-order chi connectivity index (χ1) is 20.6. The molecule has 2 aromatic rings. The van der Waals surface area contributed by atoms with Crippen molar-refractivity contribution in [3.05, 3.63) is 74.8 Å². The second-order valence-corrected chi connectivity index (χ2v) is 11.6. The summed E-state index contributed by atoms with van der Waals surface area (Å²) in [5.41, 5.74) is -1.23. The van der Waals surface area contributed by atoms with Crippen molar-refractivity contribution in [2.24, 2.45) is 17.8 Å². The fraction of sp³-hybridized carbons (Fsp3) is 0.419. The molecular weight excluding hydrogens is 616 g/mol. The molecule has 2 aliphatic heterocycles. The van der Waals surface area contributed by atoms with E-state index in [0.29, 0.717) is 58.0 Å². The molecule has 2 amide bonds. The summed E-state index contributed by atoms with van der Waals surface area (Å²) in [6, 6.07) is 5.30. The predicted molar refractivity (Wildman–Crippen MR) is 148 cm³/mol. The molecule has 2 N–H and O–H groups in total. The summed E-state index contributed by atoms with van der Waals surface area (Å²) in [4.78, 5) is 27.5. The molecule has 44 heavy (non-hydrogen) atoms. The van der Waals surface area contributed by atoms with Gasteiger partial charge in [0, 0.05) is 5.92 Å². The van der Waals surface area contributed by atoms with Crippen LogP contribution < -0.4 is 4.90 Å². The van der Waals surface area contributed by atoms with Gasteiger partial charge in [0.15, 0.2) is 0 Å². The molecule has 0 radical (unpaired) electrons. The zero-order valence-corrected chi connectivity index (χ0v) is 24.1. The van der Waals surface area contributed by atoms with E-state index in [9.17, 15) is 46.1 Å². The minimum atomic E-state index is -5.15. The molecule has 2 aromatic carbocycles. The van der Waals surface area contributed by atoms with E-state index >= 15 is 0 Å². The van der Waals surface area contributed by atoms with Gasteiger partial charge in [-0.3, -0.25) is 9.59 Å². The van der Waals surface area contributed by atoms with Gasteiger partial charge in [-0.25, -0.2) is 4.90 Å². The molecule has 0 aromatic heterocycles. The number of allylic oxidation sites excluding steroid dienone is 1. The average Bonchev–Trinajstić information content (AvgIpc) is 3.48. The van der Waals surface area contributed by atoms with Crippen LogP contribution >= 0.6 is 11.6 Å². The smallest absolute Gasteiger partial charge is 0.416 e. The number of rotatable bonds is 7. The molecule has 2 saturated heterocycles. The standard InChI is InChI=1S/C31H28ClF6NO5/c1-2-15(7-16-4-5-21(41)12-24(16)32)3-6-25-26-17(13-40)8-22-27(23(26)14-44-25)29(43)39(28(22)42)20-10-18(30(33,34)35)9-19(11-20)31(36,37)38/h4-5,7,9-12,22-23,25,27,40-41H,2-3,6,8,13-14H2,1H3/b15-7+/t22-,23+,25-,27-/m1/s1. The summed E-state index contributed by atoms with van der Waals surface area (Å²) < 4.78 is 87.1. The van der Waals surface area contributed by atoms with Crippen molar-refractivity contribution in [3.63, 3.8) is 0 Å². The van der Waals surface area contributed by atoms with Gasteiger partial charge in [-0.2, -0.15) is 26.3 Å². The van der Waals surface area contributed by atoms with E-state index in [1.54, 1.807) is 6.07 Å². The average molecular weight is 644 g/mol. The van der Waals surface area contributed by atoms with Crippen LogP contribution in [0.4, 0.5) is 32.0 Å². The first-order valence-electron chi connectivity index (χ1n) is 13.9. The largest absolute Gasteiger partial charge is 0.508 e. The lowest BCUT2D eigenvalue weighted by Crippen LogP contribution is -2.35. The monoisotopic (exact) mass is 643 g/mol. The van der Waals surface area contributed by atoms with Gasteiger partial charge in [-0.1, -0.05) is 30.2 Å². The second-order valence-electron chi connectivity index (χ2n) is 11.2. The Labute approximate surface area is 253 Å². The molecule has 0 bridgehead atoms. The number of carbonyl (C=O) groups is 2. The molecule has 13 heteroatoms. The predicted octanol–water partition coefficient (Wildman–Crippen LogP) is 7.17. The number of nitrogens with zero attached hydrogens (tertiary/aromatic N) is 1. The number of hydrogen-bond acceptors (Lipinski definition) is 5. The number of aliphatic hydroxyl groups excluding tert-OH is 1. The Balaban J connectivity index is 1.42. The summed E-state index contributed by atoms with van der Waals surface area (Å²) in [7, 11) is 0. The van der Waals surface area contributed by atoms with Gasteiger partial charge in [0.05, 0.1) is 53.0 Å². The van der Waals surface area contributed by atoms with Gasteiger partial charge in [-0.05, 0) is 78.8 Å². The first-order valence-corrected chi connectivity index (χ1v) is 14.3. The lowest BCUT2D eigenvalue weighted by atomic mass is 9.69. The first kappa shape index (κ1) is 32.1. The van der Waals surface area contributed by atoms with Gasteiger partial charge in [0.2, 0.25) is 11.8 Å². The number of ether oxygens (including phenoxy) is 1. The van der Waals surface area contributed by atoms with Crippen molar-refractivity contribution < 1.29 is 50.9 Å². The van der Waals surface area contributed by atoms with Gasteiger partial charge >= 0.3 is 12.4 Å². The van der Waals surface area contributed by atoms with Crippen molar-refractivity contribution in [3.8, 4) is 5.75 Å². The highest BCUT2D eigenvalue weighted by atomic mass is 35.5. The van der Waals surface area contributed by atoms with Crippen LogP contribution in [0.1, 0.15) is 49.3 Å². The molecule has 3 aliphatic rings. The minimum absolute atomic E-state index is 0.00286. The van der Waals surface area contributed by atoms with Crippen LogP contribution in [-0.2, 0) is 26.7 Å². The van der Waals surface area contributed by atoms with Gasteiger partial charge in [0.1, 0.15) is 5.75 Å². The number of hydrogen-bond donors (Lipinski definition) is 2. The number of amides is 2. The van der Waals surface area contributed by atoms with E-state index in [1.165, 1.54) is 12.1 Å². The van der Waals surface area contributed by atoms with E-state index in [1.807, 2.05) is 13.0 Å². The topological polar surface area (TPSA) is 87.1 Å². The Morgan fingerprint density at radius 1 is 1.02 bits per heavy atom. The van der Waals surface area contributed by atoms with Crippen LogP contribution in [0, 0.1) is 17.8 Å². The summed E-state index contributed by atoms with van der Waals surface area (Å²) in [5.74, 6) is -4.57. The molecule has 1 aliphatic carbocycles. The zero-order valence-electron chi connectivity index (χ0n) is 23.3. The van der Waals surface area contributed by atoms with E-state index in [-0.39, 0.29) is 24.8 Å². The van der Waals surface area contributed by atoms with Gasteiger partial charge in [0.25, 0.3) is 0 Å². The van der Waals surface area contributed by atoms with Gasteiger partial charge < -0.3 is 14.9 Å². The Kier molecular flexibility index (Phi) is 8.65. The quantitative estimate of drug-likeness (QED) is 0.190. The lowest BCUT2D eigenvalue weighted by molar-refractivity contribution is -0.143. The van der Waals surface area contributed by atoms with Crippen LogP contribution in [0.25, 0.3) is 6.08 Å². The molecule has 6 nitrogen and oxygen atoms in total.